The largest absolute Gasteiger partial charge is 0.410 e. The highest BCUT2D eigenvalue weighted by Gasteiger charge is 2.39. The molecule has 0 radical (unpaired) electrons. The minimum absolute atomic E-state index is 0.199. The molecular weight excluding hydrogens is 190 g/mol. The summed E-state index contributed by atoms with van der Waals surface area (Å²) in [7, 11) is -1.61. The monoisotopic (exact) mass is 213 g/mol. The highest BCUT2D eigenvalue weighted by Crippen LogP contribution is 2.38. The van der Waals surface area contributed by atoms with Gasteiger partial charge in [0.05, 0.1) is 6.10 Å². The Balaban J connectivity index is 2.56. The predicted octanol–water partition coefficient (Wildman–Crippen LogP) is 2.66. The maximum Gasteiger partial charge on any atom is 0.192 e. The fourth-order valence-electron chi connectivity index (χ4n) is 1.33. The third kappa shape index (κ3) is 2.68. The van der Waals surface area contributed by atoms with Crippen LogP contribution in [0.25, 0.3) is 0 Å². The van der Waals surface area contributed by atoms with Crippen molar-refractivity contribution in [1.29, 1.82) is 0 Å². The van der Waals surface area contributed by atoms with E-state index in [1.807, 2.05) is 0 Å². The Morgan fingerprint density at radius 2 is 1.86 bits per heavy atom. The summed E-state index contributed by atoms with van der Waals surface area (Å²) in [6, 6.07) is 0.199. The first-order chi connectivity index (χ1) is 6.22. The molecule has 0 bridgehead atoms. The van der Waals surface area contributed by atoms with Crippen LogP contribution in [-0.2, 0) is 4.43 Å². The van der Waals surface area contributed by atoms with Crippen molar-refractivity contribution in [3.63, 3.8) is 0 Å². The van der Waals surface area contributed by atoms with Crippen LogP contribution >= 0.6 is 0 Å². The Labute approximate surface area is 88.7 Å². The van der Waals surface area contributed by atoms with Gasteiger partial charge in [0.2, 0.25) is 0 Å². The third-order valence-corrected chi connectivity index (χ3v) is 7.83. The summed E-state index contributed by atoms with van der Waals surface area (Å²) in [5, 5.41) is 0.285. The molecule has 1 aliphatic rings. The molecule has 0 aliphatic heterocycles. The molecule has 0 aromatic rings. The number of rotatable bonds is 2. The minimum atomic E-state index is -1.61. The van der Waals surface area contributed by atoms with Gasteiger partial charge in [-0.25, -0.2) is 0 Å². The van der Waals surface area contributed by atoms with E-state index in [2.05, 4.69) is 46.0 Å². The first-order valence-electron chi connectivity index (χ1n) is 5.34. The summed E-state index contributed by atoms with van der Waals surface area (Å²) in [6.07, 6.45) is 5.38. The summed E-state index contributed by atoms with van der Waals surface area (Å²) < 4.78 is 6.21. The summed E-state index contributed by atoms with van der Waals surface area (Å²) >= 11 is 0. The van der Waals surface area contributed by atoms with Crippen LogP contribution in [-0.4, -0.2) is 20.5 Å². The molecule has 2 atom stereocenters. The molecule has 0 heterocycles. The van der Waals surface area contributed by atoms with Gasteiger partial charge in [-0.15, -0.1) is 0 Å². The molecule has 82 valence electrons. The van der Waals surface area contributed by atoms with Crippen LogP contribution in [0.1, 0.15) is 27.2 Å². The average Bonchev–Trinajstić information content (AvgIpc) is 2.31. The molecule has 3 heteroatoms. The second-order valence-corrected chi connectivity index (χ2v) is 10.5. The Bertz CT molecular complexity index is 230. The van der Waals surface area contributed by atoms with Crippen LogP contribution < -0.4 is 5.73 Å². The first-order valence-corrected chi connectivity index (χ1v) is 8.25. The number of hydrogen-bond acceptors (Lipinski definition) is 2. The van der Waals surface area contributed by atoms with E-state index in [4.69, 9.17) is 10.2 Å². The molecule has 0 unspecified atom stereocenters. The van der Waals surface area contributed by atoms with E-state index in [0.717, 1.165) is 6.42 Å². The molecule has 0 aromatic heterocycles. The van der Waals surface area contributed by atoms with Crippen molar-refractivity contribution < 1.29 is 4.43 Å². The SMILES string of the molecule is CC(C)(C)[Si](C)(C)O[C@@H]1C=C[C@H](N)C1. The molecule has 14 heavy (non-hydrogen) atoms. The quantitative estimate of drug-likeness (QED) is 0.565. The molecule has 1 aliphatic carbocycles. The van der Waals surface area contributed by atoms with Crippen LogP contribution in [0.5, 0.6) is 0 Å². The fourth-order valence-corrected chi connectivity index (χ4v) is 2.62. The summed E-state index contributed by atoms with van der Waals surface area (Å²) in [5.74, 6) is 0. The van der Waals surface area contributed by atoms with Crippen molar-refractivity contribution in [2.24, 2.45) is 5.73 Å². The average molecular weight is 213 g/mol. The number of hydrogen-bond donors (Lipinski definition) is 1. The van der Waals surface area contributed by atoms with E-state index in [1.54, 1.807) is 0 Å². The molecular formula is C11H23NOSi. The van der Waals surface area contributed by atoms with E-state index in [-0.39, 0.29) is 17.2 Å². The summed E-state index contributed by atoms with van der Waals surface area (Å²) in [6.45, 7) is 11.4. The zero-order valence-electron chi connectivity index (χ0n) is 10.0. The molecule has 0 spiro atoms. The van der Waals surface area contributed by atoms with Gasteiger partial charge >= 0.3 is 0 Å². The normalized spacial score (nSPS) is 28.4. The van der Waals surface area contributed by atoms with E-state index in [1.165, 1.54) is 0 Å². The van der Waals surface area contributed by atoms with Gasteiger partial charge in [-0.05, 0) is 24.6 Å². The smallest absolute Gasteiger partial charge is 0.192 e. The van der Waals surface area contributed by atoms with Crippen LogP contribution in [0.2, 0.25) is 18.1 Å². The highest BCUT2D eigenvalue weighted by atomic mass is 28.4. The lowest BCUT2D eigenvalue weighted by atomic mass is 10.2. The van der Waals surface area contributed by atoms with Gasteiger partial charge in [-0.2, -0.15) is 0 Å². The molecule has 2 nitrogen and oxygen atoms in total. The maximum absolute atomic E-state index is 6.21. The van der Waals surface area contributed by atoms with E-state index in [9.17, 15) is 0 Å². The van der Waals surface area contributed by atoms with E-state index < -0.39 is 8.32 Å². The zero-order valence-corrected chi connectivity index (χ0v) is 11.0. The maximum atomic E-state index is 6.21. The molecule has 0 amide bonds. The van der Waals surface area contributed by atoms with Gasteiger partial charge in [0, 0.05) is 6.04 Å². The van der Waals surface area contributed by atoms with Crippen LogP contribution in [0, 0.1) is 0 Å². The molecule has 0 saturated heterocycles. The molecule has 2 N–H and O–H groups in total. The topological polar surface area (TPSA) is 35.2 Å². The zero-order chi connectivity index (χ0) is 11.0. The van der Waals surface area contributed by atoms with E-state index in [0.29, 0.717) is 0 Å². The van der Waals surface area contributed by atoms with Crippen LogP contribution in [0.4, 0.5) is 0 Å². The number of nitrogens with two attached hydrogens (primary N) is 1. The van der Waals surface area contributed by atoms with E-state index >= 15 is 0 Å². The summed E-state index contributed by atoms with van der Waals surface area (Å²) in [4.78, 5) is 0. The highest BCUT2D eigenvalue weighted by molar-refractivity contribution is 6.74. The van der Waals surface area contributed by atoms with Crippen molar-refractivity contribution in [2.75, 3.05) is 0 Å². The van der Waals surface area contributed by atoms with Crippen molar-refractivity contribution in [2.45, 2.75) is 57.5 Å². The second kappa shape index (κ2) is 3.80. The second-order valence-electron chi connectivity index (χ2n) is 5.70. The molecule has 0 saturated carbocycles. The van der Waals surface area contributed by atoms with Gasteiger partial charge < -0.3 is 10.2 Å². The predicted molar refractivity (Wildman–Crippen MR) is 63.8 cm³/mol. The summed E-state index contributed by atoms with van der Waals surface area (Å²) in [5.41, 5.74) is 5.80. The standard InChI is InChI=1S/C11H23NOSi/c1-11(2,3)14(4,5)13-10-7-6-9(12)8-10/h6-7,9-10H,8,12H2,1-5H3/t9-,10+/m0/s1. The van der Waals surface area contributed by atoms with Crippen molar-refractivity contribution >= 4 is 8.32 Å². The molecule has 0 fully saturated rings. The van der Waals surface area contributed by atoms with Crippen molar-refractivity contribution in [1.82, 2.24) is 0 Å². The molecule has 1 rings (SSSR count). The van der Waals surface area contributed by atoms with Gasteiger partial charge in [-0.1, -0.05) is 32.9 Å². The Morgan fingerprint density at radius 3 is 2.21 bits per heavy atom. The van der Waals surface area contributed by atoms with Gasteiger partial charge in [0.1, 0.15) is 0 Å². The van der Waals surface area contributed by atoms with Crippen LogP contribution in [0.15, 0.2) is 12.2 Å². The third-order valence-electron chi connectivity index (χ3n) is 3.33. The van der Waals surface area contributed by atoms with Gasteiger partial charge in [0.25, 0.3) is 0 Å². The Hall–Kier alpha value is -0.123. The Kier molecular flexibility index (Phi) is 3.24. The Morgan fingerprint density at radius 1 is 1.29 bits per heavy atom. The van der Waals surface area contributed by atoms with Gasteiger partial charge in [0.15, 0.2) is 8.32 Å². The molecule has 0 aromatic carbocycles. The van der Waals surface area contributed by atoms with Gasteiger partial charge in [-0.3, -0.25) is 0 Å². The van der Waals surface area contributed by atoms with Crippen molar-refractivity contribution in [3.8, 4) is 0 Å². The fraction of sp³-hybridized carbons (Fsp3) is 0.818. The van der Waals surface area contributed by atoms with Crippen molar-refractivity contribution in [3.05, 3.63) is 12.2 Å². The first kappa shape index (κ1) is 11.9. The minimum Gasteiger partial charge on any atom is -0.410 e. The lowest BCUT2D eigenvalue weighted by Gasteiger charge is -2.38. The lowest BCUT2D eigenvalue weighted by molar-refractivity contribution is 0.220. The lowest BCUT2D eigenvalue weighted by Crippen LogP contribution is -2.43. The van der Waals surface area contributed by atoms with Crippen LogP contribution in [0.3, 0.4) is 0 Å².